The summed E-state index contributed by atoms with van der Waals surface area (Å²) >= 11 is 11.8. The van der Waals surface area contributed by atoms with Crippen LogP contribution >= 0.6 is 23.2 Å². The molecule has 0 saturated carbocycles. The van der Waals surface area contributed by atoms with E-state index in [9.17, 15) is 14.9 Å². The molecule has 2 aromatic rings. The van der Waals surface area contributed by atoms with Gasteiger partial charge in [0.25, 0.3) is 5.69 Å². The Bertz CT molecular complexity index is 712. The predicted molar refractivity (Wildman–Crippen MR) is 79.3 cm³/mol. The number of halogens is 2. The molecule has 0 aliphatic heterocycles. The first kappa shape index (κ1) is 16.1. The normalized spacial score (nSPS) is 10.3. The highest BCUT2D eigenvalue weighted by Crippen LogP contribution is 2.30. The molecule has 0 bridgehead atoms. The molecule has 0 fully saturated rings. The summed E-state index contributed by atoms with van der Waals surface area (Å²) < 4.78 is 4.82. The van der Waals surface area contributed by atoms with Crippen molar-refractivity contribution >= 4 is 34.9 Å². The summed E-state index contributed by atoms with van der Waals surface area (Å²) in [7, 11) is 0. The Morgan fingerprint density at radius 2 is 1.77 bits per heavy atom. The van der Waals surface area contributed by atoms with Crippen LogP contribution in [0.4, 0.5) is 5.69 Å². The standard InChI is InChI=1S/C13H9Cl2N3O4/c1-7(19)22-11-12(14)16-10(17-13(11)15)6-8-2-4-9(5-3-8)18(20)21/h2-5H,6H2,1H3. The molecule has 0 aliphatic carbocycles. The van der Waals surface area contributed by atoms with E-state index < -0.39 is 10.9 Å². The quantitative estimate of drug-likeness (QED) is 0.366. The Labute approximate surface area is 135 Å². The van der Waals surface area contributed by atoms with Crippen molar-refractivity contribution in [3.63, 3.8) is 0 Å². The number of nitro groups is 1. The first-order valence-electron chi connectivity index (χ1n) is 6.00. The second-order valence-corrected chi connectivity index (χ2v) is 4.96. The lowest BCUT2D eigenvalue weighted by molar-refractivity contribution is -0.384. The number of nitrogens with zero attached hydrogens (tertiary/aromatic N) is 3. The van der Waals surface area contributed by atoms with E-state index in [0.717, 1.165) is 5.56 Å². The van der Waals surface area contributed by atoms with Gasteiger partial charge in [-0.1, -0.05) is 35.3 Å². The summed E-state index contributed by atoms with van der Waals surface area (Å²) in [5.41, 5.74) is 0.740. The minimum absolute atomic E-state index is 0.00839. The van der Waals surface area contributed by atoms with Crippen LogP contribution in [0.25, 0.3) is 0 Å². The van der Waals surface area contributed by atoms with Crippen molar-refractivity contribution in [1.82, 2.24) is 9.97 Å². The topological polar surface area (TPSA) is 95.2 Å². The minimum Gasteiger partial charge on any atom is -0.420 e. The van der Waals surface area contributed by atoms with E-state index in [1.165, 1.54) is 19.1 Å². The second kappa shape index (κ2) is 6.67. The molecule has 0 amide bonds. The molecule has 7 nitrogen and oxygen atoms in total. The summed E-state index contributed by atoms with van der Waals surface area (Å²) in [6.45, 7) is 1.21. The van der Waals surface area contributed by atoms with Crippen LogP contribution in [0.1, 0.15) is 18.3 Å². The molecule has 0 aliphatic rings. The second-order valence-electron chi connectivity index (χ2n) is 4.24. The highest BCUT2D eigenvalue weighted by atomic mass is 35.5. The lowest BCUT2D eigenvalue weighted by atomic mass is 10.1. The lowest BCUT2D eigenvalue weighted by Crippen LogP contribution is -2.06. The van der Waals surface area contributed by atoms with Gasteiger partial charge in [0, 0.05) is 25.5 Å². The number of ether oxygens (including phenoxy) is 1. The largest absolute Gasteiger partial charge is 0.420 e. The molecule has 0 atom stereocenters. The average molecular weight is 342 g/mol. The van der Waals surface area contributed by atoms with E-state index in [2.05, 4.69) is 9.97 Å². The van der Waals surface area contributed by atoms with Crippen LogP contribution in [-0.2, 0) is 11.2 Å². The summed E-state index contributed by atoms with van der Waals surface area (Å²) in [5, 5.41) is 10.4. The van der Waals surface area contributed by atoms with Gasteiger partial charge in [-0.05, 0) is 5.56 Å². The van der Waals surface area contributed by atoms with E-state index in [1.807, 2.05) is 0 Å². The first-order valence-corrected chi connectivity index (χ1v) is 6.76. The molecule has 0 N–H and O–H groups in total. The molecule has 114 valence electrons. The van der Waals surface area contributed by atoms with Gasteiger partial charge in [-0.15, -0.1) is 0 Å². The summed E-state index contributed by atoms with van der Waals surface area (Å²) in [6, 6.07) is 5.93. The molecular weight excluding hydrogens is 333 g/mol. The predicted octanol–water partition coefficient (Wildman–Crippen LogP) is 3.21. The Balaban J connectivity index is 2.23. The third-order valence-corrected chi connectivity index (χ3v) is 3.10. The first-order chi connectivity index (χ1) is 10.4. The van der Waals surface area contributed by atoms with E-state index >= 15 is 0 Å². The van der Waals surface area contributed by atoms with Crippen LogP contribution in [0, 0.1) is 10.1 Å². The van der Waals surface area contributed by atoms with Gasteiger partial charge in [-0.25, -0.2) is 9.97 Å². The van der Waals surface area contributed by atoms with Gasteiger partial charge >= 0.3 is 5.97 Å². The maximum absolute atomic E-state index is 10.9. The van der Waals surface area contributed by atoms with Crippen molar-refractivity contribution in [2.24, 2.45) is 0 Å². The van der Waals surface area contributed by atoms with Crippen molar-refractivity contribution in [2.45, 2.75) is 13.3 Å². The van der Waals surface area contributed by atoms with Gasteiger partial charge < -0.3 is 4.74 Å². The van der Waals surface area contributed by atoms with E-state index in [0.29, 0.717) is 5.82 Å². The summed E-state index contributed by atoms with van der Waals surface area (Å²) in [4.78, 5) is 29.0. The van der Waals surface area contributed by atoms with Gasteiger partial charge in [-0.2, -0.15) is 0 Å². The van der Waals surface area contributed by atoms with Crippen molar-refractivity contribution in [3.05, 3.63) is 56.1 Å². The molecule has 9 heteroatoms. The molecule has 0 saturated heterocycles. The number of nitro benzene ring substituents is 1. The number of esters is 1. The highest BCUT2D eigenvalue weighted by molar-refractivity contribution is 6.35. The molecule has 22 heavy (non-hydrogen) atoms. The number of non-ortho nitro benzene ring substituents is 1. The van der Waals surface area contributed by atoms with Gasteiger partial charge in [-0.3, -0.25) is 14.9 Å². The number of hydrogen-bond donors (Lipinski definition) is 0. The van der Waals surface area contributed by atoms with Gasteiger partial charge in [0.2, 0.25) is 5.75 Å². The number of aromatic nitrogens is 2. The maximum Gasteiger partial charge on any atom is 0.308 e. The molecule has 1 aromatic heterocycles. The number of benzene rings is 1. The van der Waals surface area contributed by atoms with E-state index in [1.54, 1.807) is 12.1 Å². The smallest absolute Gasteiger partial charge is 0.308 e. The SMILES string of the molecule is CC(=O)Oc1c(Cl)nc(Cc2ccc([N+](=O)[O-])cc2)nc1Cl. The molecule has 0 unspecified atom stereocenters. The van der Waals surface area contributed by atoms with Crippen LogP contribution in [0.3, 0.4) is 0 Å². The zero-order chi connectivity index (χ0) is 16.3. The van der Waals surface area contributed by atoms with Crippen molar-refractivity contribution < 1.29 is 14.5 Å². The third kappa shape index (κ3) is 3.90. The fourth-order valence-corrected chi connectivity index (χ4v) is 2.16. The van der Waals surface area contributed by atoms with E-state index in [-0.39, 0.29) is 28.2 Å². The fourth-order valence-electron chi connectivity index (χ4n) is 1.66. The zero-order valence-corrected chi connectivity index (χ0v) is 12.8. The van der Waals surface area contributed by atoms with Crippen LogP contribution in [0.5, 0.6) is 5.75 Å². The van der Waals surface area contributed by atoms with Crippen LogP contribution in [0.15, 0.2) is 24.3 Å². The maximum atomic E-state index is 10.9. The highest BCUT2D eigenvalue weighted by Gasteiger charge is 2.15. The van der Waals surface area contributed by atoms with Crippen molar-refractivity contribution in [2.75, 3.05) is 0 Å². The third-order valence-electron chi connectivity index (χ3n) is 2.58. The van der Waals surface area contributed by atoms with Gasteiger partial charge in [0.1, 0.15) is 5.82 Å². The van der Waals surface area contributed by atoms with Crippen LogP contribution < -0.4 is 4.74 Å². The fraction of sp³-hybridized carbons (Fsp3) is 0.154. The Hall–Kier alpha value is -2.25. The average Bonchev–Trinajstić information content (AvgIpc) is 2.43. The molecular formula is C13H9Cl2N3O4. The summed E-state index contributed by atoms with van der Waals surface area (Å²) in [6.07, 6.45) is 0.276. The Kier molecular flexibility index (Phi) is 4.89. The molecule has 0 spiro atoms. The van der Waals surface area contributed by atoms with Crippen LogP contribution in [-0.4, -0.2) is 20.9 Å². The molecule has 1 heterocycles. The van der Waals surface area contributed by atoms with Gasteiger partial charge in [0.05, 0.1) is 4.92 Å². The number of carbonyl (C=O) groups excluding carboxylic acids is 1. The van der Waals surface area contributed by atoms with Crippen molar-refractivity contribution in [3.8, 4) is 5.75 Å². The lowest BCUT2D eigenvalue weighted by Gasteiger charge is -2.07. The van der Waals surface area contributed by atoms with Crippen LogP contribution in [0.2, 0.25) is 10.3 Å². The Morgan fingerprint density at radius 3 is 2.23 bits per heavy atom. The van der Waals surface area contributed by atoms with E-state index in [4.69, 9.17) is 27.9 Å². The summed E-state index contributed by atoms with van der Waals surface area (Å²) in [5.74, 6) is -0.376. The van der Waals surface area contributed by atoms with Crippen molar-refractivity contribution in [1.29, 1.82) is 0 Å². The number of hydrogen-bond acceptors (Lipinski definition) is 6. The minimum atomic E-state index is -0.587. The molecule has 2 rings (SSSR count). The Morgan fingerprint density at radius 1 is 1.23 bits per heavy atom. The molecule has 0 radical (unpaired) electrons. The number of carbonyl (C=O) groups is 1. The van der Waals surface area contributed by atoms with Gasteiger partial charge in [0.15, 0.2) is 10.3 Å². The monoisotopic (exact) mass is 341 g/mol. The number of rotatable bonds is 4. The zero-order valence-electron chi connectivity index (χ0n) is 11.2. The molecule has 1 aromatic carbocycles.